The first-order chi connectivity index (χ1) is 12.1. The number of primary amides is 1. The Morgan fingerprint density at radius 3 is 2.58 bits per heavy atom. The Labute approximate surface area is 150 Å². The van der Waals surface area contributed by atoms with Gasteiger partial charge in [0.1, 0.15) is 11.6 Å². The molecule has 0 saturated heterocycles. The summed E-state index contributed by atoms with van der Waals surface area (Å²) in [6.45, 7) is -1.28. The quantitative estimate of drug-likeness (QED) is 0.650. The molecule has 0 aliphatic carbocycles. The van der Waals surface area contributed by atoms with E-state index in [1.54, 1.807) is 0 Å². The SMILES string of the molecule is NC(=O)Nc1cc(Cl)c(NCc2ccc(OCC(F)(F)F)cn2)cc1F. The largest absolute Gasteiger partial charge is 0.483 e. The minimum atomic E-state index is -4.43. The molecule has 26 heavy (non-hydrogen) atoms. The second-order valence-electron chi connectivity index (χ2n) is 5.04. The fourth-order valence-electron chi connectivity index (χ4n) is 1.86. The number of benzene rings is 1. The van der Waals surface area contributed by atoms with E-state index in [-0.39, 0.29) is 28.7 Å². The van der Waals surface area contributed by atoms with E-state index in [2.05, 4.69) is 20.4 Å². The molecule has 0 fully saturated rings. The van der Waals surface area contributed by atoms with Crippen molar-refractivity contribution in [2.45, 2.75) is 12.7 Å². The van der Waals surface area contributed by atoms with Crippen molar-refractivity contribution in [3.05, 3.63) is 47.0 Å². The first-order valence-electron chi connectivity index (χ1n) is 7.08. The summed E-state index contributed by atoms with van der Waals surface area (Å²) in [5.41, 5.74) is 5.44. The molecular weight excluding hydrogens is 380 g/mol. The third-order valence-corrected chi connectivity index (χ3v) is 3.29. The number of nitrogens with one attached hydrogen (secondary N) is 2. The maximum Gasteiger partial charge on any atom is 0.422 e. The standard InChI is InChI=1S/C15H13ClF4N4O2/c16-10-3-13(24-14(21)25)11(17)4-12(10)23-5-8-1-2-9(6-22-8)26-7-15(18,19)20/h1-4,6,23H,5,7H2,(H3,21,24,25). The van der Waals surface area contributed by atoms with Crippen LogP contribution in [0.1, 0.15) is 5.69 Å². The van der Waals surface area contributed by atoms with Gasteiger partial charge in [-0.2, -0.15) is 13.2 Å². The van der Waals surface area contributed by atoms with Crippen molar-refractivity contribution in [2.24, 2.45) is 5.73 Å². The van der Waals surface area contributed by atoms with E-state index in [1.165, 1.54) is 18.2 Å². The first-order valence-corrected chi connectivity index (χ1v) is 7.45. The van der Waals surface area contributed by atoms with Gasteiger partial charge in [-0.1, -0.05) is 11.6 Å². The van der Waals surface area contributed by atoms with Crippen LogP contribution in [0.3, 0.4) is 0 Å². The number of pyridine rings is 1. The lowest BCUT2D eigenvalue weighted by Crippen LogP contribution is -2.20. The maximum atomic E-state index is 13.9. The van der Waals surface area contributed by atoms with Crippen molar-refractivity contribution in [3.63, 3.8) is 0 Å². The van der Waals surface area contributed by atoms with Crippen LogP contribution in [-0.4, -0.2) is 23.8 Å². The van der Waals surface area contributed by atoms with Crippen molar-refractivity contribution < 1.29 is 27.1 Å². The van der Waals surface area contributed by atoms with E-state index in [0.717, 1.165) is 12.3 Å². The Bertz CT molecular complexity index is 784. The van der Waals surface area contributed by atoms with Gasteiger partial charge < -0.3 is 21.1 Å². The van der Waals surface area contributed by atoms with Gasteiger partial charge in [-0.15, -0.1) is 0 Å². The van der Waals surface area contributed by atoms with Crippen LogP contribution in [0.25, 0.3) is 0 Å². The van der Waals surface area contributed by atoms with Gasteiger partial charge >= 0.3 is 12.2 Å². The summed E-state index contributed by atoms with van der Waals surface area (Å²) in [5, 5.41) is 5.04. The molecule has 6 nitrogen and oxygen atoms in total. The molecule has 2 rings (SSSR count). The zero-order chi connectivity index (χ0) is 19.3. The Morgan fingerprint density at radius 1 is 1.27 bits per heavy atom. The van der Waals surface area contributed by atoms with Crippen molar-refractivity contribution in [2.75, 3.05) is 17.2 Å². The van der Waals surface area contributed by atoms with E-state index in [1.807, 2.05) is 0 Å². The minimum Gasteiger partial charge on any atom is -0.483 e. The van der Waals surface area contributed by atoms with Crippen LogP contribution in [0.15, 0.2) is 30.5 Å². The number of amides is 2. The van der Waals surface area contributed by atoms with Crippen molar-refractivity contribution in [1.29, 1.82) is 0 Å². The van der Waals surface area contributed by atoms with Crippen LogP contribution in [0.5, 0.6) is 5.75 Å². The average Bonchev–Trinajstić information content (AvgIpc) is 2.54. The monoisotopic (exact) mass is 392 g/mol. The maximum absolute atomic E-state index is 13.9. The van der Waals surface area contributed by atoms with Crippen LogP contribution in [0.2, 0.25) is 5.02 Å². The molecule has 1 aromatic carbocycles. The number of carbonyl (C=O) groups excluding carboxylic acids is 1. The molecule has 11 heteroatoms. The van der Waals surface area contributed by atoms with Gasteiger partial charge in [-0.25, -0.2) is 9.18 Å². The molecule has 2 aromatic rings. The Balaban J connectivity index is 1.98. The number of urea groups is 1. The Hall–Kier alpha value is -2.75. The van der Waals surface area contributed by atoms with Gasteiger partial charge in [-0.3, -0.25) is 4.98 Å². The smallest absolute Gasteiger partial charge is 0.422 e. The summed E-state index contributed by atoms with van der Waals surface area (Å²) in [5.74, 6) is -0.781. The highest BCUT2D eigenvalue weighted by molar-refractivity contribution is 6.33. The Kier molecular flexibility index (Phi) is 6.09. The number of hydrogen-bond acceptors (Lipinski definition) is 4. The zero-order valence-corrected chi connectivity index (χ0v) is 13.8. The van der Waals surface area contributed by atoms with Crippen LogP contribution in [0.4, 0.5) is 33.7 Å². The molecule has 0 unspecified atom stereocenters. The van der Waals surface area contributed by atoms with Crippen molar-refractivity contribution in [3.8, 4) is 5.75 Å². The van der Waals surface area contributed by atoms with Gasteiger partial charge in [0.25, 0.3) is 0 Å². The molecule has 1 heterocycles. The van der Waals surface area contributed by atoms with E-state index < -0.39 is 24.6 Å². The third-order valence-electron chi connectivity index (χ3n) is 2.97. The normalized spacial score (nSPS) is 11.1. The molecule has 0 spiro atoms. The van der Waals surface area contributed by atoms with E-state index in [9.17, 15) is 22.4 Å². The zero-order valence-electron chi connectivity index (χ0n) is 13.0. The summed E-state index contributed by atoms with van der Waals surface area (Å²) in [6, 6.07) is 4.10. The predicted molar refractivity (Wildman–Crippen MR) is 87.7 cm³/mol. The molecule has 2 amide bonds. The van der Waals surface area contributed by atoms with Gasteiger partial charge in [0.15, 0.2) is 6.61 Å². The number of hydrogen-bond donors (Lipinski definition) is 3. The van der Waals surface area contributed by atoms with Crippen LogP contribution in [-0.2, 0) is 6.54 Å². The molecule has 0 atom stereocenters. The number of carbonyl (C=O) groups is 1. The summed E-state index contributed by atoms with van der Waals surface area (Å²) >= 11 is 5.99. The molecule has 0 radical (unpaired) electrons. The topological polar surface area (TPSA) is 89.3 Å². The molecular formula is C15H13ClF4N4O2. The summed E-state index contributed by atoms with van der Waals surface area (Å²) < 4.78 is 54.6. The number of rotatable bonds is 6. The second-order valence-corrected chi connectivity index (χ2v) is 5.45. The van der Waals surface area contributed by atoms with Crippen molar-refractivity contribution >= 4 is 29.0 Å². The highest BCUT2D eigenvalue weighted by atomic mass is 35.5. The number of anilines is 2. The molecule has 0 bridgehead atoms. The number of ether oxygens (including phenoxy) is 1. The third kappa shape index (κ3) is 5.96. The molecule has 0 aliphatic rings. The number of nitrogens with two attached hydrogens (primary N) is 1. The number of aromatic nitrogens is 1. The lowest BCUT2D eigenvalue weighted by atomic mass is 10.2. The van der Waals surface area contributed by atoms with E-state index in [0.29, 0.717) is 5.69 Å². The second kappa shape index (κ2) is 8.09. The summed E-state index contributed by atoms with van der Waals surface area (Å²) in [4.78, 5) is 14.7. The van der Waals surface area contributed by atoms with E-state index in [4.69, 9.17) is 17.3 Å². The first kappa shape index (κ1) is 19.6. The number of alkyl halides is 3. The molecule has 0 aliphatic heterocycles. The van der Waals surface area contributed by atoms with Crippen LogP contribution >= 0.6 is 11.6 Å². The minimum absolute atomic E-state index is 0.0305. The average molecular weight is 393 g/mol. The highest BCUT2D eigenvalue weighted by Gasteiger charge is 2.28. The van der Waals surface area contributed by atoms with Gasteiger partial charge in [-0.05, 0) is 18.2 Å². The van der Waals surface area contributed by atoms with Gasteiger partial charge in [0, 0.05) is 6.07 Å². The van der Waals surface area contributed by atoms with Gasteiger partial charge in [0.05, 0.1) is 34.8 Å². The fourth-order valence-corrected chi connectivity index (χ4v) is 2.09. The number of nitrogens with zero attached hydrogens (tertiary/aromatic N) is 1. The fraction of sp³-hybridized carbons (Fsp3) is 0.200. The summed E-state index contributed by atoms with van der Waals surface area (Å²) in [6.07, 6.45) is -3.29. The number of halogens is 5. The van der Waals surface area contributed by atoms with Crippen LogP contribution < -0.4 is 21.1 Å². The predicted octanol–water partition coefficient (Wildman–Crippen LogP) is 3.92. The Morgan fingerprint density at radius 2 is 2.00 bits per heavy atom. The lowest BCUT2D eigenvalue weighted by Gasteiger charge is -2.12. The highest BCUT2D eigenvalue weighted by Crippen LogP contribution is 2.29. The lowest BCUT2D eigenvalue weighted by molar-refractivity contribution is -0.153. The van der Waals surface area contributed by atoms with Crippen molar-refractivity contribution in [1.82, 2.24) is 4.98 Å². The molecule has 1 aromatic heterocycles. The van der Waals surface area contributed by atoms with E-state index >= 15 is 0 Å². The van der Waals surface area contributed by atoms with Gasteiger partial charge in [0.2, 0.25) is 0 Å². The van der Waals surface area contributed by atoms with Crippen LogP contribution in [0, 0.1) is 5.82 Å². The summed E-state index contributed by atoms with van der Waals surface area (Å²) in [7, 11) is 0. The molecule has 0 saturated carbocycles. The molecule has 4 N–H and O–H groups in total. The molecule has 140 valence electrons.